The predicted octanol–water partition coefficient (Wildman–Crippen LogP) is 7.22. The summed E-state index contributed by atoms with van der Waals surface area (Å²) in [6, 6.07) is 14.0. The maximum absolute atomic E-state index is 12.8. The first-order chi connectivity index (χ1) is 30.9. The van der Waals surface area contributed by atoms with Gasteiger partial charge < -0.3 is 36.7 Å². The molecule has 1 aliphatic heterocycles. The zero-order valence-corrected chi connectivity index (χ0v) is 37.4. The Morgan fingerprint density at radius 3 is 2.36 bits per heavy atom. The number of anilines is 1. The molecule has 1 aliphatic rings. The number of nitrogens with one attached hydrogen (secondary N) is 4. The summed E-state index contributed by atoms with van der Waals surface area (Å²) in [7, 11) is 0. The molecule has 0 unspecified atom stereocenters. The minimum atomic E-state index is -0.379. The van der Waals surface area contributed by atoms with E-state index in [2.05, 4.69) is 30.9 Å². The van der Waals surface area contributed by atoms with Gasteiger partial charge >= 0.3 is 0 Å². The average molecular weight is 908 g/mol. The lowest BCUT2D eigenvalue weighted by molar-refractivity contribution is -0.129. The molecule has 6 aromatic rings. The van der Waals surface area contributed by atoms with Gasteiger partial charge in [-0.15, -0.1) is 0 Å². The van der Waals surface area contributed by atoms with Crippen molar-refractivity contribution in [2.75, 3.05) is 31.9 Å². The molecule has 0 bridgehead atoms. The zero-order chi connectivity index (χ0) is 45.3. The molecular weight excluding hydrogens is 855 g/mol. The highest BCUT2D eigenvalue weighted by Gasteiger charge is 2.27. The molecule has 0 fully saturated rings. The normalized spacial score (nSPS) is 12.3. The van der Waals surface area contributed by atoms with Crippen molar-refractivity contribution in [1.29, 1.82) is 0 Å². The number of carbonyl (C=O) groups is 4. The number of halogens is 2. The number of nitrogens with two attached hydrogens (primary N) is 1. The molecule has 4 aromatic heterocycles. The second-order valence-electron chi connectivity index (χ2n) is 15.8. The van der Waals surface area contributed by atoms with Crippen LogP contribution in [0.3, 0.4) is 0 Å². The number of nitrogens with zero attached hydrogens (tertiary/aromatic N) is 5. The van der Waals surface area contributed by atoms with E-state index >= 15 is 0 Å². The summed E-state index contributed by atoms with van der Waals surface area (Å²) in [6.45, 7) is 6.31. The monoisotopic (exact) mass is 906 g/mol. The highest BCUT2D eigenvalue weighted by atomic mass is 35.5. The number of phenols is 1. The molecule has 64 heavy (non-hydrogen) atoms. The summed E-state index contributed by atoms with van der Waals surface area (Å²) in [4.78, 5) is 63.9. The quantitative estimate of drug-likeness (QED) is 0.0480. The molecule has 0 radical (unpaired) electrons. The Hall–Kier alpha value is -6.45. The number of phenolic OH excluding ortho intramolecular Hbond substituents is 1. The number of unbranched alkanes of at least 4 members (excludes halogenated alkanes) is 3. The maximum Gasteiger partial charge on any atom is 0.269 e. The van der Waals surface area contributed by atoms with Crippen LogP contribution in [0.25, 0.3) is 44.4 Å². The van der Waals surface area contributed by atoms with Crippen LogP contribution in [0, 0.1) is 0 Å². The van der Waals surface area contributed by atoms with E-state index in [1.807, 2.05) is 36.2 Å². The van der Waals surface area contributed by atoms with Crippen LogP contribution < -0.4 is 21.7 Å². The number of amides is 4. The van der Waals surface area contributed by atoms with Crippen LogP contribution in [0.2, 0.25) is 10.0 Å². The highest BCUT2D eigenvalue weighted by molar-refractivity contribution is 6.45. The fourth-order valence-electron chi connectivity index (χ4n) is 8.12. The maximum atomic E-state index is 12.8. The predicted molar refractivity (Wildman–Crippen MR) is 249 cm³/mol. The molecule has 334 valence electrons. The second kappa shape index (κ2) is 20.8. The van der Waals surface area contributed by atoms with Crippen molar-refractivity contribution in [1.82, 2.24) is 45.6 Å². The van der Waals surface area contributed by atoms with Crippen LogP contribution in [-0.2, 0) is 40.3 Å². The SMILES string of the molecule is CCc1c(-c2ccc(C(=O)NCCC(=O)NCCCCCCC(=O)NCCn3ccc(-c4cc(Cl)c(Cl)c5[nH]c6c(c45)CN(C(C)=O)CC6)n3)nc2)cnc(N)c1-c1ccc(O)cc1. The Morgan fingerprint density at radius 1 is 0.859 bits per heavy atom. The lowest BCUT2D eigenvalue weighted by atomic mass is 9.92. The van der Waals surface area contributed by atoms with Gasteiger partial charge in [-0.3, -0.25) is 28.8 Å². The number of fused-ring (bicyclic) bond motifs is 3. The van der Waals surface area contributed by atoms with Crippen LogP contribution in [0.15, 0.2) is 67.1 Å². The number of rotatable bonds is 18. The van der Waals surface area contributed by atoms with E-state index in [0.717, 1.165) is 86.9 Å². The van der Waals surface area contributed by atoms with Crippen molar-refractivity contribution < 1.29 is 24.3 Å². The van der Waals surface area contributed by atoms with Gasteiger partial charge in [-0.05, 0) is 60.7 Å². The van der Waals surface area contributed by atoms with Crippen molar-refractivity contribution in [2.45, 2.75) is 78.3 Å². The number of aromatic nitrogens is 5. The summed E-state index contributed by atoms with van der Waals surface area (Å²) in [5, 5.41) is 24.9. The Kier molecular flexibility index (Phi) is 14.8. The van der Waals surface area contributed by atoms with E-state index in [1.165, 1.54) is 0 Å². The lowest BCUT2D eigenvalue weighted by Crippen LogP contribution is -2.33. The van der Waals surface area contributed by atoms with Gasteiger partial charge in [0.25, 0.3) is 5.91 Å². The third-order valence-corrected chi connectivity index (χ3v) is 12.3. The fraction of sp³-hybridized carbons (Fsp3) is 0.340. The number of carbonyl (C=O) groups excluding carboxylic acids is 4. The van der Waals surface area contributed by atoms with Gasteiger partial charge in [-0.25, -0.2) is 4.98 Å². The van der Waals surface area contributed by atoms with Gasteiger partial charge in [-0.1, -0.05) is 61.2 Å². The highest BCUT2D eigenvalue weighted by Crippen LogP contribution is 2.42. The first-order valence-corrected chi connectivity index (χ1v) is 22.3. The van der Waals surface area contributed by atoms with Gasteiger partial charge in [0.1, 0.15) is 17.3 Å². The van der Waals surface area contributed by atoms with Gasteiger partial charge in [0.15, 0.2) is 0 Å². The molecule has 5 heterocycles. The number of hydrogen-bond donors (Lipinski definition) is 6. The molecular formula is C47H52Cl2N10O5. The van der Waals surface area contributed by atoms with E-state index in [-0.39, 0.29) is 48.0 Å². The summed E-state index contributed by atoms with van der Waals surface area (Å²) < 4.78 is 1.78. The van der Waals surface area contributed by atoms with Crippen LogP contribution in [0.4, 0.5) is 5.82 Å². The molecule has 7 rings (SSSR count). The Balaban J connectivity index is 0.769. The minimum Gasteiger partial charge on any atom is -0.508 e. The van der Waals surface area contributed by atoms with Gasteiger partial charge in [-0.2, -0.15) is 5.10 Å². The molecule has 4 amide bonds. The number of H-pyrrole nitrogens is 1. The van der Waals surface area contributed by atoms with E-state index in [1.54, 1.807) is 54.3 Å². The third kappa shape index (κ3) is 10.7. The van der Waals surface area contributed by atoms with Crippen LogP contribution in [0.5, 0.6) is 5.75 Å². The van der Waals surface area contributed by atoms with E-state index in [0.29, 0.717) is 67.8 Å². The van der Waals surface area contributed by atoms with Crippen molar-refractivity contribution in [3.8, 4) is 39.3 Å². The van der Waals surface area contributed by atoms with Crippen LogP contribution in [-0.4, -0.2) is 84.5 Å². The van der Waals surface area contributed by atoms with E-state index in [9.17, 15) is 24.3 Å². The Bertz CT molecular complexity index is 2660. The van der Waals surface area contributed by atoms with Crippen molar-refractivity contribution in [3.63, 3.8) is 0 Å². The average Bonchev–Trinajstić information content (AvgIpc) is 3.93. The summed E-state index contributed by atoms with van der Waals surface area (Å²) in [5.74, 6) is 0.00479. The van der Waals surface area contributed by atoms with Crippen molar-refractivity contribution in [2.24, 2.45) is 0 Å². The molecule has 0 saturated heterocycles. The fourth-order valence-corrected chi connectivity index (χ4v) is 8.52. The molecule has 0 atom stereocenters. The van der Waals surface area contributed by atoms with Gasteiger partial charge in [0.2, 0.25) is 17.7 Å². The summed E-state index contributed by atoms with van der Waals surface area (Å²) >= 11 is 13.2. The number of pyridine rings is 2. The van der Waals surface area contributed by atoms with Gasteiger partial charge in [0.05, 0.1) is 27.8 Å². The number of aromatic amines is 1. The Labute approximate surface area is 381 Å². The first-order valence-electron chi connectivity index (χ1n) is 21.6. The minimum absolute atomic E-state index is 0.0224. The van der Waals surface area contributed by atoms with Crippen LogP contribution in [0.1, 0.15) is 79.7 Å². The number of benzene rings is 2. The molecule has 2 aromatic carbocycles. The topological polar surface area (TPSA) is 213 Å². The molecule has 7 N–H and O–H groups in total. The van der Waals surface area contributed by atoms with Gasteiger partial charge in [0, 0.05) is 116 Å². The van der Waals surface area contributed by atoms with Crippen molar-refractivity contribution >= 4 is 63.6 Å². The Morgan fingerprint density at radius 2 is 1.61 bits per heavy atom. The number of nitrogen functional groups attached to an aromatic ring is 1. The smallest absolute Gasteiger partial charge is 0.269 e. The molecule has 17 heteroatoms. The molecule has 0 spiro atoms. The number of aromatic hydroxyl groups is 1. The third-order valence-electron chi connectivity index (χ3n) is 11.5. The van der Waals surface area contributed by atoms with Crippen molar-refractivity contribution in [3.05, 3.63) is 99.7 Å². The summed E-state index contributed by atoms with van der Waals surface area (Å²) in [6.07, 6.45) is 10.3. The van der Waals surface area contributed by atoms with E-state index < -0.39 is 0 Å². The molecule has 0 aliphatic carbocycles. The van der Waals surface area contributed by atoms with E-state index in [4.69, 9.17) is 34.0 Å². The molecule has 0 saturated carbocycles. The molecule has 15 nitrogen and oxygen atoms in total. The zero-order valence-electron chi connectivity index (χ0n) is 35.9. The number of hydrogen-bond acceptors (Lipinski definition) is 9. The summed E-state index contributed by atoms with van der Waals surface area (Å²) in [5.41, 5.74) is 15.1. The van der Waals surface area contributed by atoms with Crippen LogP contribution >= 0.6 is 23.2 Å². The standard InChI is InChI=1S/C47H52Cl2N10O5/c1-3-32-34(26-55-46(50)42(32)29-9-12-31(61)13-10-29)30-11-14-39(54-25-30)47(64)53-19-15-41(63)51-18-7-5-4-6-8-40(62)52-20-23-59-22-17-38(57-59)33-24-36(48)44(49)45-43(33)35-27-58(28(2)60)21-16-37(35)56-45/h9-14,17,22,24-26,56,61H,3-8,15-16,18-21,23,27H2,1-2H3,(H2,50,55)(H,51,63)(H,52,62)(H,53,64). The second-order valence-corrected chi connectivity index (χ2v) is 16.6. The first kappa shape index (κ1) is 45.6. The lowest BCUT2D eigenvalue weighted by Gasteiger charge is -2.26. The largest absolute Gasteiger partial charge is 0.508 e.